The topological polar surface area (TPSA) is 70.3 Å². The number of benzene rings is 1. The molecule has 1 rings (SSSR count). The standard InChI is InChI=1S/C10H8FNO3/c1-2-15-10(14)7-3-6(5-12)9(13)4-8(7)11/h3-4,13H,2H2,1H3. The summed E-state index contributed by atoms with van der Waals surface area (Å²) >= 11 is 0. The molecule has 1 aromatic carbocycles. The molecular formula is C10H8FNO3. The number of carbonyl (C=O) groups excluding carboxylic acids is 1. The van der Waals surface area contributed by atoms with E-state index in [2.05, 4.69) is 4.74 Å². The number of hydrogen-bond acceptors (Lipinski definition) is 4. The van der Waals surface area contributed by atoms with Gasteiger partial charge >= 0.3 is 5.97 Å². The zero-order valence-corrected chi connectivity index (χ0v) is 7.95. The van der Waals surface area contributed by atoms with Crippen LogP contribution in [0.3, 0.4) is 0 Å². The Morgan fingerprint density at radius 3 is 2.87 bits per heavy atom. The normalized spacial score (nSPS) is 9.40. The van der Waals surface area contributed by atoms with Crippen molar-refractivity contribution >= 4 is 5.97 Å². The maximum absolute atomic E-state index is 13.2. The second kappa shape index (κ2) is 4.42. The molecule has 0 spiro atoms. The molecule has 4 nitrogen and oxygen atoms in total. The third-order valence-electron chi connectivity index (χ3n) is 1.70. The van der Waals surface area contributed by atoms with Crippen LogP contribution >= 0.6 is 0 Å². The number of hydrogen-bond donors (Lipinski definition) is 1. The van der Waals surface area contributed by atoms with Crippen LogP contribution in [0, 0.1) is 17.1 Å². The highest BCUT2D eigenvalue weighted by Gasteiger charge is 2.16. The molecule has 0 heterocycles. The molecule has 0 unspecified atom stereocenters. The summed E-state index contributed by atoms with van der Waals surface area (Å²) < 4.78 is 17.7. The van der Waals surface area contributed by atoms with E-state index in [4.69, 9.17) is 10.4 Å². The molecule has 0 amide bonds. The molecule has 0 aliphatic carbocycles. The average molecular weight is 209 g/mol. The fourth-order valence-electron chi connectivity index (χ4n) is 1.02. The minimum atomic E-state index is -0.912. The van der Waals surface area contributed by atoms with Crippen molar-refractivity contribution in [1.29, 1.82) is 5.26 Å². The summed E-state index contributed by atoms with van der Waals surface area (Å²) in [5.74, 6) is -2.26. The molecule has 0 fully saturated rings. The number of nitriles is 1. The van der Waals surface area contributed by atoms with Gasteiger partial charge in [-0.15, -0.1) is 0 Å². The molecular weight excluding hydrogens is 201 g/mol. The molecule has 78 valence electrons. The van der Waals surface area contributed by atoms with E-state index in [0.717, 1.165) is 6.07 Å². The van der Waals surface area contributed by atoms with Crippen molar-refractivity contribution in [2.75, 3.05) is 6.61 Å². The van der Waals surface area contributed by atoms with Gasteiger partial charge in [0.2, 0.25) is 0 Å². The number of rotatable bonds is 2. The minimum absolute atomic E-state index is 0.112. The summed E-state index contributed by atoms with van der Waals surface area (Å²) in [7, 11) is 0. The summed E-state index contributed by atoms with van der Waals surface area (Å²) in [6, 6.07) is 3.31. The summed E-state index contributed by atoms with van der Waals surface area (Å²) in [5, 5.41) is 17.7. The number of phenols is 1. The quantitative estimate of drug-likeness (QED) is 0.750. The highest BCUT2D eigenvalue weighted by atomic mass is 19.1. The number of phenolic OH excluding ortho intramolecular Hbond substituents is 1. The van der Waals surface area contributed by atoms with Gasteiger partial charge in [0.15, 0.2) is 0 Å². The van der Waals surface area contributed by atoms with Gasteiger partial charge in [-0.25, -0.2) is 9.18 Å². The van der Waals surface area contributed by atoms with Gasteiger partial charge in [0.25, 0.3) is 0 Å². The maximum Gasteiger partial charge on any atom is 0.341 e. The first kappa shape index (κ1) is 11.0. The summed E-state index contributed by atoms with van der Waals surface area (Å²) in [6.07, 6.45) is 0. The van der Waals surface area contributed by atoms with E-state index >= 15 is 0 Å². The van der Waals surface area contributed by atoms with Crippen LogP contribution < -0.4 is 0 Å². The molecule has 0 aliphatic rings. The van der Waals surface area contributed by atoms with E-state index in [-0.39, 0.29) is 17.7 Å². The van der Waals surface area contributed by atoms with Crippen LogP contribution in [0.5, 0.6) is 5.75 Å². The van der Waals surface area contributed by atoms with Gasteiger partial charge in [-0.05, 0) is 13.0 Å². The maximum atomic E-state index is 13.2. The Morgan fingerprint density at radius 1 is 1.67 bits per heavy atom. The predicted molar refractivity (Wildman–Crippen MR) is 48.7 cm³/mol. The number of halogens is 1. The van der Waals surface area contributed by atoms with Crippen LogP contribution in [-0.4, -0.2) is 17.7 Å². The lowest BCUT2D eigenvalue weighted by Crippen LogP contribution is -2.07. The second-order valence-corrected chi connectivity index (χ2v) is 2.68. The molecule has 0 radical (unpaired) electrons. The van der Waals surface area contributed by atoms with Crippen molar-refractivity contribution in [2.24, 2.45) is 0 Å². The molecule has 0 aliphatic heterocycles. The smallest absolute Gasteiger partial charge is 0.341 e. The van der Waals surface area contributed by atoms with Crippen LogP contribution in [0.1, 0.15) is 22.8 Å². The molecule has 5 heteroatoms. The highest BCUT2D eigenvalue weighted by molar-refractivity contribution is 5.90. The Bertz CT molecular complexity index is 437. The molecule has 0 saturated heterocycles. The van der Waals surface area contributed by atoms with E-state index in [1.54, 1.807) is 13.0 Å². The summed E-state index contributed by atoms with van der Waals surface area (Å²) in [4.78, 5) is 11.2. The number of ether oxygens (including phenoxy) is 1. The fourth-order valence-corrected chi connectivity index (χ4v) is 1.02. The number of nitrogens with zero attached hydrogens (tertiary/aromatic N) is 1. The fraction of sp³-hybridized carbons (Fsp3) is 0.200. The van der Waals surface area contributed by atoms with Gasteiger partial charge in [0, 0.05) is 6.07 Å². The van der Waals surface area contributed by atoms with Gasteiger partial charge in [-0.2, -0.15) is 5.26 Å². The van der Waals surface area contributed by atoms with E-state index in [1.165, 1.54) is 0 Å². The van der Waals surface area contributed by atoms with Gasteiger partial charge < -0.3 is 9.84 Å². The van der Waals surface area contributed by atoms with Gasteiger partial charge in [0.1, 0.15) is 17.6 Å². The van der Waals surface area contributed by atoms with Crippen LogP contribution in [0.15, 0.2) is 12.1 Å². The lowest BCUT2D eigenvalue weighted by molar-refractivity contribution is 0.0521. The van der Waals surface area contributed by atoms with E-state index in [9.17, 15) is 9.18 Å². The van der Waals surface area contributed by atoms with Crippen LogP contribution in [0.4, 0.5) is 4.39 Å². The van der Waals surface area contributed by atoms with Crippen molar-refractivity contribution in [1.82, 2.24) is 0 Å². The number of aromatic hydroxyl groups is 1. The van der Waals surface area contributed by atoms with Crippen molar-refractivity contribution in [3.63, 3.8) is 0 Å². The molecule has 0 bridgehead atoms. The molecule has 0 atom stereocenters. The first-order chi connectivity index (χ1) is 7.10. The Morgan fingerprint density at radius 2 is 2.33 bits per heavy atom. The molecule has 1 N–H and O–H groups in total. The summed E-state index contributed by atoms with van der Waals surface area (Å²) in [6.45, 7) is 1.70. The predicted octanol–water partition coefficient (Wildman–Crippen LogP) is 1.58. The third-order valence-corrected chi connectivity index (χ3v) is 1.70. The first-order valence-corrected chi connectivity index (χ1v) is 4.19. The summed E-state index contributed by atoms with van der Waals surface area (Å²) in [5.41, 5.74) is -0.523. The minimum Gasteiger partial charge on any atom is -0.506 e. The highest BCUT2D eigenvalue weighted by Crippen LogP contribution is 2.21. The lowest BCUT2D eigenvalue weighted by Gasteiger charge is -2.04. The van der Waals surface area contributed by atoms with E-state index < -0.39 is 17.5 Å². The molecule has 15 heavy (non-hydrogen) atoms. The zero-order chi connectivity index (χ0) is 11.4. The van der Waals surface area contributed by atoms with Crippen LogP contribution in [-0.2, 0) is 4.74 Å². The zero-order valence-electron chi connectivity index (χ0n) is 7.95. The van der Waals surface area contributed by atoms with Crippen molar-refractivity contribution in [3.8, 4) is 11.8 Å². The Hall–Kier alpha value is -2.09. The first-order valence-electron chi connectivity index (χ1n) is 4.19. The number of carbonyl (C=O) groups is 1. The largest absolute Gasteiger partial charge is 0.506 e. The SMILES string of the molecule is CCOC(=O)c1cc(C#N)c(O)cc1F. The second-order valence-electron chi connectivity index (χ2n) is 2.68. The van der Waals surface area contributed by atoms with Gasteiger partial charge in [0.05, 0.1) is 17.7 Å². The Labute approximate surface area is 85.5 Å². The van der Waals surface area contributed by atoms with Crippen molar-refractivity contribution < 1.29 is 19.0 Å². The Kier molecular flexibility index (Phi) is 3.24. The molecule has 0 aromatic heterocycles. The van der Waals surface area contributed by atoms with Crippen LogP contribution in [0.2, 0.25) is 0 Å². The lowest BCUT2D eigenvalue weighted by atomic mass is 10.1. The van der Waals surface area contributed by atoms with E-state index in [1.807, 2.05) is 0 Å². The molecule has 1 aromatic rings. The van der Waals surface area contributed by atoms with Gasteiger partial charge in [-0.1, -0.05) is 0 Å². The van der Waals surface area contributed by atoms with E-state index in [0.29, 0.717) is 6.07 Å². The number of esters is 1. The van der Waals surface area contributed by atoms with Crippen molar-refractivity contribution in [3.05, 3.63) is 29.1 Å². The van der Waals surface area contributed by atoms with Crippen molar-refractivity contribution in [2.45, 2.75) is 6.92 Å². The average Bonchev–Trinajstić information content (AvgIpc) is 2.18. The Balaban J connectivity index is 3.20. The monoisotopic (exact) mass is 209 g/mol. The van der Waals surface area contributed by atoms with Gasteiger partial charge in [-0.3, -0.25) is 0 Å². The molecule has 0 saturated carbocycles. The third kappa shape index (κ3) is 2.23. The van der Waals surface area contributed by atoms with Crippen LogP contribution in [0.25, 0.3) is 0 Å².